The standard InChI is InChI=1S/C17H20N4O3/c1-20(16(23)12-8-5-9-12)13-14(18)21(17(24)19-15(13)22)10-11-6-3-2-4-7-11/h2-4,6-7,12H,5,8-10,18H2,1H3,(H,19,22,24). The molecule has 1 saturated carbocycles. The number of nitrogens with one attached hydrogen (secondary N) is 1. The number of carbonyl (C=O) groups is 1. The first-order chi connectivity index (χ1) is 11.5. The number of nitrogens with two attached hydrogens (primary N) is 1. The molecule has 0 spiro atoms. The topological polar surface area (TPSA) is 101 Å². The van der Waals surface area contributed by atoms with Gasteiger partial charge in [-0.05, 0) is 18.4 Å². The summed E-state index contributed by atoms with van der Waals surface area (Å²) >= 11 is 0. The van der Waals surface area contributed by atoms with E-state index in [-0.39, 0.29) is 29.9 Å². The Bertz CT molecular complexity index is 866. The molecule has 1 fully saturated rings. The van der Waals surface area contributed by atoms with Crippen LogP contribution in [0.4, 0.5) is 11.5 Å². The summed E-state index contributed by atoms with van der Waals surface area (Å²) in [4.78, 5) is 40.3. The minimum absolute atomic E-state index is 0.00257. The Labute approximate surface area is 138 Å². The van der Waals surface area contributed by atoms with Crippen molar-refractivity contribution in [1.82, 2.24) is 9.55 Å². The van der Waals surface area contributed by atoms with Crippen LogP contribution in [0.3, 0.4) is 0 Å². The highest BCUT2D eigenvalue weighted by Crippen LogP contribution is 2.29. The third kappa shape index (κ3) is 2.84. The number of anilines is 2. The van der Waals surface area contributed by atoms with Crippen LogP contribution in [-0.2, 0) is 11.3 Å². The van der Waals surface area contributed by atoms with E-state index in [0.29, 0.717) is 0 Å². The highest BCUT2D eigenvalue weighted by Gasteiger charge is 2.31. The lowest BCUT2D eigenvalue weighted by Crippen LogP contribution is -2.42. The Morgan fingerprint density at radius 2 is 1.96 bits per heavy atom. The number of aromatic nitrogens is 2. The molecule has 1 heterocycles. The van der Waals surface area contributed by atoms with Crippen molar-refractivity contribution in [3.63, 3.8) is 0 Å². The lowest BCUT2D eigenvalue weighted by molar-refractivity contribution is -0.124. The number of hydrogen-bond acceptors (Lipinski definition) is 4. The number of nitrogens with zero attached hydrogens (tertiary/aromatic N) is 2. The van der Waals surface area contributed by atoms with E-state index in [1.54, 1.807) is 0 Å². The fourth-order valence-corrected chi connectivity index (χ4v) is 2.86. The van der Waals surface area contributed by atoms with Crippen molar-refractivity contribution in [2.45, 2.75) is 25.8 Å². The van der Waals surface area contributed by atoms with E-state index in [1.807, 2.05) is 30.3 Å². The van der Waals surface area contributed by atoms with Gasteiger partial charge in [0, 0.05) is 13.0 Å². The molecule has 0 unspecified atom stereocenters. The lowest BCUT2D eigenvalue weighted by atomic mass is 9.84. The van der Waals surface area contributed by atoms with Gasteiger partial charge in [0.2, 0.25) is 5.91 Å². The quantitative estimate of drug-likeness (QED) is 0.871. The third-order valence-corrected chi connectivity index (χ3v) is 4.52. The molecule has 7 nitrogen and oxygen atoms in total. The summed E-state index contributed by atoms with van der Waals surface area (Å²) in [7, 11) is 1.53. The second-order valence-corrected chi connectivity index (χ2v) is 6.09. The van der Waals surface area contributed by atoms with Crippen LogP contribution in [0, 0.1) is 5.92 Å². The number of rotatable bonds is 4. The summed E-state index contributed by atoms with van der Waals surface area (Å²) in [6, 6.07) is 9.31. The van der Waals surface area contributed by atoms with Gasteiger partial charge in [0.1, 0.15) is 5.82 Å². The Hall–Kier alpha value is -2.83. The van der Waals surface area contributed by atoms with Crippen molar-refractivity contribution in [2.24, 2.45) is 5.92 Å². The summed E-state index contributed by atoms with van der Waals surface area (Å²) in [5.41, 5.74) is 5.75. The van der Waals surface area contributed by atoms with Crippen molar-refractivity contribution in [3.8, 4) is 0 Å². The first-order valence-electron chi connectivity index (χ1n) is 7.93. The SMILES string of the molecule is CN(C(=O)C1CCC1)c1c(N)n(Cc2ccccc2)c(=O)[nH]c1=O. The molecule has 0 radical (unpaired) electrons. The maximum Gasteiger partial charge on any atom is 0.330 e. The van der Waals surface area contributed by atoms with E-state index in [2.05, 4.69) is 4.98 Å². The minimum Gasteiger partial charge on any atom is -0.383 e. The normalized spacial score (nSPS) is 14.2. The molecular formula is C17H20N4O3. The molecule has 1 amide bonds. The van der Waals surface area contributed by atoms with Gasteiger partial charge in [0.15, 0.2) is 5.69 Å². The largest absolute Gasteiger partial charge is 0.383 e. The van der Waals surface area contributed by atoms with Crippen molar-refractivity contribution < 1.29 is 4.79 Å². The summed E-state index contributed by atoms with van der Waals surface area (Å²) < 4.78 is 1.27. The smallest absolute Gasteiger partial charge is 0.330 e. The Morgan fingerprint density at radius 1 is 1.29 bits per heavy atom. The molecule has 1 aromatic heterocycles. The molecule has 2 aromatic rings. The maximum absolute atomic E-state index is 12.4. The highest BCUT2D eigenvalue weighted by molar-refractivity contribution is 5.96. The second-order valence-electron chi connectivity index (χ2n) is 6.09. The molecule has 1 aromatic carbocycles. The van der Waals surface area contributed by atoms with Crippen LogP contribution in [0.1, 0.15) is 24.8 Å². The molecule has 0 saturated heterocycles. The number of carbonyl (C=O) groups excluding carboxylic acids is 1. The van der Waals surface area contributed by atoms with E-state index >= 15 is 0 Å². The summed E-state index contributed by atoms with van der Waals surface area (Å²) in [5.74, 6) is -0.200. The zero-order valence-electron chi connectivity index (χ0n) is 13.5. The fraction of sp³-hybridized carbons (Fsp3) is 0.353. The number of aromatic amines is 1. The van der Waals surface area contributed by atoms with E-state index in [0.717, 1.165) is 24.8 Å². The second kappa shape index (κ2) is 6.35. The van der Waals surface area contributed by atoms with Gasteiger partial charge in [0.25, 0.3) is 5.56 Å². The van der Waals surface area contributed by atoms with Crippen LogP contribution >= 0.6 is 0 Å². The third-order valence-electron chi connectivity index (χ3n) is 4.52. The van der Waals surface area contributed by atoms with E-state index < -0.39 is 11.2 Å². The summed E-state index contributed by atoms with van der Waals surface area (Å²) in [6.07, 6.45) is 2.67. The van der Waals surface area contributed by atoms with Crippen LogP contribution in [-0.4, -0.2) is 22.5 Å². The lowest BCUT2D eigenvalue weighted by Gasteiger charge is -2.29. The van der Waals surface area contributed by atoms with Crippen LogP contribution < -0.4 is 21.9 Å². The average molecular weight is 328 g/mol. The molecule has 1 aliphatic rings. The average Bonchev–Trinajstić information content (AvgIpc) is 2.50. The zero-order chi connectivity index (χ0) is 17.3. The van der Waals surface area contributed by atoms with Crippen LogP contribution in [0.2, 0.25) is 0 Å². The van der Waals surface area contributed by atoms with Crippen LogP contribution in [0.15, 0.2) is 39.9 Å². The number of amides is 1. The summed E-state index contributed by atoms with van der Waals surface area (Å²) in [5, 5.41) is 0. The van der Waals surface area contributed by atoms with Crippen molar-refractivity contribution in [3.05, 3.63) is 56.7 Å². The molecule has 1 aliphatic carbocycles. The highest BCUT2D eigenvalue weighted by atomic mass is 16.2. The van der Waals surface area contributed by atoms with E-state index in [1.165, 1.54) is 16.5 Å². The molecule has 7 heteroatoms. The molecule has 24 heavy (non-hydrogen) atoms. The van der Waals surface area contributed by atoms with Crippen LogP contribution in [0.25, 0.3) is 0 Å². The first kappa shape index (κ1) is 16.0. The van der Waals surface area contributed by atoms with Gasteiger partial charge in [-0.3, -0.25) is 19.1 Å². The van der Waals surface area contributed by atoms with E-state index in [9.17, 15) is 14.4 Å². The van der Waals surface area contributed by atoms with Gasteiger partial charge in [-0.1, -0.05) is 36.8 Å². The minimum atomic E-state index is -0.642. The Balaban J connectivity index is 2.00. The zero-order valence-corrected chi connectivity index (χ0v) is 13.5. The van der Waals surface area contributed by atoms with E-state index in [4.69, 9.17) is 5.73 Å². The molecular weight excluding hydrogens is 308 g/mol. The Morgan fingerprint density at radius 3 is 2.54 bits per heavy atom. The van der Waals surface area contributed by atoms with Gasteiger partial charge >= 0.3 is 5.69 Å². The van der Waals surface area contributed by atoms with Gasteiger partial charge < -0.3 is 10.6 Å². The number of benzene rings is 1. The van der Waals surface area contributed by atoms with Gasteiger partial charge in [-0.2, -0.15) is 0 Å². The van der Waals surface area contributed by atoms with Gasteiger partial charge in [0.05, 0.1) is 6.54 Å². The molecule has 3 rings (SSSR count). The van der Waals surface area contributed by atoms with Crippen molar-refractivity contribution in [2.75, 3.05) is 17.7 Å². The summed E-state index contributed by atoms with van der Waals surface area (Å²) in [6.45, 7) is 0.223. The van der Waals surface area contributed by atoms with Crippen LogP contribution in [0.5, 0.6) is 0 Å². The molecule has 0 atom stereocenters. The van der Waals surface area contributed by atoms with Gasteiger partial charge in [-0.15, -0.1) is 0 Å². The monoisotopic (exact) mass is 328 g/mol. The Kier molecular flexibility index (Phi) is 4.24. The number of nitrogen functional groups attached to an aromatic ring is 1. The molecule has 0 aliphatic heterocycles. The van der Waals surface area contributed by atoms with Gasteiger partial charge in [-0.25, -0.2) is 4.79 Å². The van der Waals surface area contributed by atoms with Crippen molar-refractivity contribution >= 4 is 17.4 Å². The number of H-pyrrole nitrogens is 1. The fourth-order valence-electron chi connectivity index (χ4n) is 2.86. The maximum atomic E-state index is 12.4. The number of hydrogen-bond donors (Lipinski definition) is 2. The first-order valence-corrected chi connectivity index (χ1v) is 7.93. The van der Waals surface area contributed by atoms with Crippen molar-refractivity contribution in [1.29, 1.82) is 0 Å². The molecule has 126 valence electrons. The predicted molar refractivity (Wildman–Crippen MR) is 92.0 cm³/mol. The predicted octanol–water partition coefficient (Wildman–Crippen LogP) is 0.930. The molecule has 3 N–H and O–H groups in total. The molecule has 0 bridgehead atoms.